The lowest BCUT2D eigenvalue weighted by Crippen LogP contribution is -2.37. The van der Waals surface area contributed by atoms with E-state index in [1.54, 1.807) is 20.3 Å². The summed E-state index contributed by atoms with van der Waals surface area (Å²) >= 11 is 1.43. The van der Waals surface area contributed by atoms with Crippen LogP contribution in [0.2, 0.25) is 0 Å². The second kappa shape index (κ2) is 11.9. The van der Waals surface area contributed by atoms with Crippen molar-refractivity contribution in [3.05, 3.63) is 58.5 Å². The van der Waals surface area contributed by atoms with Gasteiger partial charge >= 0.3 is 0 Å². The number of benzene rings is 1. The first-order valence-electron chi connectivity index (χ1n) is 10.3. The minimum atomic E-state index is -0.677. The van der Waals surface area contributed by atoms with Gasteiger partial charge in [0.15, 0.2) is 0 Å². The van der Waals surface area contributed by atoms with E-state index in [9.17, 15) is 9.90 Å². The lowest BCUT2D eigenvalue weighted by molar-refractivity contribution is 0.0189. The Balaban J connectivity index is 1.81. The van der Waals surface area contributed by atoms with Gasteiger partial charge in [-0.1, -0.05) is 18.2 Å². The Labute approximate surface area is 191 Å². The zero-order chi connectivity index (χ0) is 22.9. The molecule has 2 heterocycles. The molecule has 0 aliphatic carbocycles. The Morgan fingerprint density at radius 3 is 2.97 bits per heavy atom. The van der Waals surface area contributed by atoms with Gasteiger partial charge in [-0.15, -0.1) is 17.9 Å². The zero-order valence-electron chi connectivity index (χ0n) is 18.4. The van der Waals surface area contributed by atoms with Gasteiger partial charge in [0, 0.05) is 31.1 Å². The van der Waals surface area contributed by atoms with Crippen LogP contribution in [0.15, 0.2) is 47.1 Å². The Kier molecular flexibility index (Phi) is 8.95. The van der Waals surface area contributed by atoms with Crippen molar-refractivity contribution < 1.29 is 19.3 Å². The summed E-state index contributed by atoms with van der Waals surface area (Å²) < 4.78 is 15.8. The standard InChI is InChI=1S/C23H29N3O5S/c1-4-9-31-14-17(27)12-26(8-10-29-2)13-20-24-22(28)21-19(15-32-23(21)25-20)16-6-5-7-18(11-16)30-3/h4-7,11,15,17,27H,1,8-10,12-14H2,2-3H3,(H,24,25,28). The Morgan fingerprint density at radius 2 is 2.22 bits per heavy atom. The van der Waals surface area contributed by atoms with E-state index in [1.165, 1.54) is 11.3 Å². The molecule has 9 heteroatoms. The lowest BCUT2D eigenvalue weighted by Gasteiger charge is -2.24. The van der Waals surface area contributed by atoms with Crippen LogP contribution in [-0.2, 0) is 16.0 Å². The van der Waals surface area contributed by atoms with Crippen molar-refractivity contribution in [1.82, 2.24) is 14.9 Å². The molecule has 0 saturated heterocycles. The third kappa shape index (κ3) is 6.24. The van der Waals surface area contributed by atoms with E-state index in [4.69, 9.17) is 14.2 Å². The number of fused-ring (bicyclic) bond motifs is 1. The molecule has 0 aliphatic heterocycles. The maximum Gasteiger partial charge on any atom is 0.260 e. The van der Waals surface area contributed by atoms with Crippen molar-refractivity contribution in [2.24, 2.45) is 0 Å². The van der Waals surface area contributed by atoms with Gasteiger partial charge in [0.1, 0.15) is 16.4 Å². The van der Waals surface area contributed by atoms with Crippen LogP contribution in [0, 0.1) is 0 Å². The number of H-pyrrole nitrogens is 1. The minimum absolute atomic E-state index is 0.189. The molecule has 1 aromatic carbocycles. The van der Waals surface area contributed by atoms with Gasteiger partial charge in [-0.05, 0) is 17.7 Å². The number of hydrogen-bond donors (Lipinski definition) is 2. The molecule has 172 valence electrons. The largest absolute Gasteiger partial charge is 0.497 e. The molecule has 32 heavy (non-hydrogen) atoms. The molecular weight excluding hydrogens is 430 g/mol. The normalized spacial score (nSPS) is 12.4. The van der Waals surface area contributed by atoms with E-state index in [0.717, 1.165) is 16.9 Å². The van der Waals surface area contributed by atoms with Gasteiger partial charge < -0.3 is 24.3 Å². The van der Waals surface area contributed by atoms with Gasteiger partial charge in [0.2, 0.25) is 0 Å². The topological polar surface area (TPSA) is 96.9 Å². The van der Waals surface area contributed by atoms with Crippen molar-refractivity contribution in [3.8, 4) is 16.9 Å². The van der Waals surface area contributed by atoms with Crippen LogP contribution in [0.3, 0.4) is 0 Å². The number of nitrogens with one attached hydrogen (secondary N) is 1. The molecule has 8 nitrogen and oxygen atoms in total. The lowest BCUT2D eigenvalue weighted by atomic mass is 10.1. The second-order valence-electron chi connectivity index (χ2n) is 7.28. The summed E-state index contributed by atoms with van der Waals surface area (Å²) in [5.74, 6) is 1.27. The Morgan fingerprint density at radius 1 is 1.38 bits per heavy atom. The summed E-state index contributed by atoms with van der Waals surface area (Å²) in [4.78, 5) is 23.2. The molecular formula is C23H29N3O5S. The number of thiophene rings is 1. The van der Waals surface area contributed by atoms with Crippen molar-refractivity contribution >= 4 is 21.6 Å². The predicted octanol–water partition coefficient (Wildman–Crippen LogP) is 2.67. The number of nitrogens with zero attached hydrogens (tertiary/aromatic N) is 2. The number of hydrogen-bond acceptors (Lipinski definition) is 8. The van der Waals surface area contributed by atoms with Gasteiger partial charge in [0.25, 0.3) is 5.56 Å². The maximum absolute atomic E-state index is 13.0. The number of aliphatic hydroxyl groups is 1. The minimum Gasteiger partial charge on any atom is -0.497 e. The zero-order valence-corrected chi connectivity index (χ0v) is 19.2. The van der Waals surface area contributed by atoms with E-state index < -0.39 is 6.10 Å². The number of methoxy groups -OCH3 is 2. The Hall–Kier alpha value is -2.56. The third-order valence-corrected chi connectivity index (χ3v) is 5.75. The van der Waals surface area contributed by atoms with E-state index in [0.29, 0.717) is 48.9 Å². The molecule has 0 aliphatic rings. The summed E-state index contributed by atoms with van der Waals surface area (Å²) in [6, 6.07) is 7.60. The molecule has 3 rings (SSSR count). The average molecular weight is 460 g/mol. The SMILES string of the molecule is C=CCOCC(O)CN(CCOC)Cc1nc2scc(-c3cccc(OC)c3)c2c(=O)[nH]1. The highest BCUT2D eigenvalue weighted by molar-refractivity contribution is 7.17. The van der Waals surface area contributed by atoms with E-state index in [2.05, 4.69) is 16.5 Å². The van der Waals surface area contributed by atoms with Crippen LogP contribution < -0.4 is 10.3 Å². The smallest absolute Gasteiger partial charge is 0.260 e. The summed E-state index contributed by atoms with van der Waals surface area (Å²) in [6.45, 7) is 5.99. The molecule has 3 aromatic rings. The van der Waals surface area contributed by atoms with Gasteiger partial charge in [-0.3, -0.25) is 9.69 Å². The number of aromatic amines is 1. The first kappa shape index (κ1) is 24.1. The predicted molar refractivity (Wildman–Crippen MR) is 126 cm³/mol. The fourth-order valence-corrected chi connectivity index (χ4v) is 4.34. The van der Waals surface area contributed by atoms with Gasteiger partial charge in [-0.2, -0.15) is 0 Å². The van der Waals surface area contributed by atoms with Crippen LogP contribution in [0.4, 0.5) is 0 Å². The van der Waals surface area contributed by atoms with E-state index in [1.807, 2.05) is 34.5 Å². The fourth-order valence-electron chi connectivity index (χ4n) is 3.38. The summed E-state index contributed by atoms with van der Waals surface area (Å²) in [5, 5.41) is 12.8. The molecule has 0 amide bonds. The van der Waals surface area contributed by atoms with Crippen LogP contribution in [-0.4, -0.2) is 73.2 Å². The monoisotopic (exact) mass is 459 g/mol. The highest BCUT2D eigenvalue weighted by atomic mass is 32.1. The van der Waals surface area contributed by atoms with Crippen molar-refractivity contribution in [3.63, 3.8) is 0 Å². The summed E-state index contributed by atoms with van der Waals surface area (Å²) in [7, 11) is 3.24. The van der Waals surface area contributed by atoms with E-state index in [-0.39, 0.29) is 12.2 Å². The van der Waals surface area contributed by atoms with Gasteiger partial charge in [-0.25, -0.2) is 4.98 Å². The third-order valence-electron chi connectivity index (χ3n) is 4.87. The molecule has 1 unspecified atom stereocenters. The average Bonchev–Trinajstić information content (AvgIpc) is 3.22. The second-order valence-corrected chi connectivity index (χ2v) is 8.14. The molecule has 0 spiro atoms. The Bertz CT molecular complexity index is 1080. The summed E-state index contributed by atoms with van der Waals surface area (Å²) in [5.41, 5.74) is 1.54. The molecule has 2 N–H and O–H groups in total. The van der Waals surface area contributed by atoms with Crippen molar-refractivity contribution in [2.75, 3.05) is 47.1 Å². The molecule has 2 aromatic heterocycles. The van der Waals surface area contributed by atoms with Gasteiger partial charge in [0.05, 0.1) is 45.0 Å². The van der Waals surface area contributed by atoms with Crippen molar-refractivity contribution in [2.45, 2.75) is 12.6 Å². The number of aromatic nitrogens is 2. The number of aliphatic hydroxyl groups excluding tert-OH is 1. The molecule has 1 atom stereocenters. The molecule has 0 bridgehead atoms. The highest BCUT2D eigenvalue weighted by Crippen LogP contribution is 2.32. The first-order valence-corrected chi connectivity index (χ1v) is 11.2. The number of rotatable bonds is 13. The van der Waals surface area contributed by atoms with Crippen LogP contribution in [0.1, 0.15) is 5.82 Å². The quantitative estimate of drug-likeness (QED) is 0.300. The van der Waals surface area contributed by atoms with Crippen LogP contribution in [0.25, 0.3) is 21.3 Å². The van der Waals surface area contributed by atoms with Crippen LogP contribution in [0.5, 0.6) is 5.75 Å². The summed E-state index contributed by atoms with van der Waals surface area (Å²) in [6.07, 6.45) is 0.962. The number of ether oxygens (including phenoxy) is 3. The van der Waals surface area contributed by atoms with E-state index >= 15 is 0 Å². The van der Waals surface area contributed by atoms with Crippen LogP contribution >= 0.6 is 11.3 Å². The fraction of sp³-hybridized carbons (Fsp3) is 0.391. The molecule has 0 radical (unpaired) electrons. The molecule has 0 fully saturated rings. The maximum atomic E-state index is 13.0. The van der Waals surface area contributed by atoms with Crippen molar-refractivity contribution in [1.29, 1.82) is 0 Å². The molecule has 0 saturated carbocycles. The first-order chi connectivity index (χ1) is 15.5. The highest BCUT2D eigenvalue weighted by Gasteiger charge is 2.17.